The molecule has 0 amide bonds. The Balaban J connectivity index is 1.44. The van der Waals surface area contributed by atoms with E-state index in [-0.39, 0.29) is 11.5 Å². The zero-order chi connectivity index (χ0) is 20.8. The second-order valence-corrected chi connectivity index (χ2v) is 13.3. The molecule has 0 aromatic heterocycles. The molecule has 0 saturated heterocycles. The van der Waals surface area contributed by atoms with Gasteiger partial charge in [-0.25, -0.2) is 0 Å². The molecule has 29 heavy (non-hydrogen) atoms. The van der Waals surface area contributed by atoms with E-state index in [1.54, 1.807) is 6.26 Å². The highest BCUT2D eigenvalue weighted by atomic mass is 32.2. The van der Waals surface area contributed by atoms with Crippen LogP contribution in [0.2, 0.25) is 0 Å². The summed E-state index contributed by atoms with van der Waals surface area (Å²) >= 11 is 0. The number of Topliss-reactive ketones (excluding diaryl/α,β-unsaturated/α-hetero) is 1. The van der Waals surface area contributed by atoms with E-state index in [1.165, 1.54) is 64.2 Å². The molecule has 9 atom stereocenters. The van der Waals surface area contributed by atoms with Crippen molar-refractivity contribution in [2.75, 3.05) is 12.0 Å². The Morgan fingerprint density at radius 2 is 1.72 bits per heavy atom. The number of carbonyl (C=O) groups is 1. The first-order chi connectivity index (χ1) is 13.8. The molecule has 4 saturated carbocycles. The van der Waals surface area contributed by atoms with Crippen LogP contribution in [0, 0.1) is 46.3 Å². The van der Waals surface area contributed by atoms with Crippen LogP contribution in [0.15, 0.2) is 0 Å². The molecule has 0 spiro atoms. The first-order valence-electron chi connectivity index (χ1n) is 12.6. The fraction of sp³-hybridized carbons (Fsp3) is 0.962. The minimum atomic E-state index is -0.989. The van der Waals surface area contributed by atoms with Gasteiger partial charge in [0.05, 0.1) is 5.75 Å². The lowest BCUT2D eigenvalue weighted by molar-refractivity contribution is -0.118. The first kappa shape index (κ1) is 22.0. The minimum Gasteiger partial charge on any atom is -0.299 e. The molecule has 0 N–H and O–H groups in total. The van der Waals surface area contributed by atoms with Gasteiger partial charge in [0, 0.05) is 23.5 Å². The molecule has 0 aromatic rings. The van der Waals surface area contributed by atoms with Gasteiger partial charge in [-0.15, -0.1) is 0 Å². The standard InChI is InChI=1S/C26H44O2S/c1-18(8-10-20(27)17-29(4)28)22-12-13-23-21-11-9-19-7-5-6-15-25(19,2)24(21)14-16-26(22,23)3/h18-19,21-24H,5-17H2,1-4H3/t18-,19-,21+,22-,23+,24+,25+,26-,29+/m1/s1. The maximum Gasteiger partial charge on any atom is 0.145 e. The van der Waals surface area contributed by atoms with Gasteiger partial charge in [0.25, 0.3) is 0 Å². The Hall–Kier alpha value is -0.180. The van der Waals surface area contributed by atoms with Crippen molar-refractivity contribution in [2.45, 2.75) is 97.8 Å². The summed E-state index contributed by atoms with van der Waals surface area (Å²) in [4.78, 5) is 12.1. The van der Waals surface area contributed by atoms with Gasteiger partial charge in [0.2, 0.25) is 0 Å². The lowest BCUT2D eigenvalue weighted by Crippen LogP contribution is -2.53. The summed E-state index contributed by atoms with van der Waals surface area (Å²) in [6.45, 7) is 7.70. The summed E-state index contributed by atoms with van der Waals surface area (Å²) in [5.41, 5.74) is 1.13. The van der Waals surface area contributed by atoms with Crippen LogP contribution in [0.5, 0.6) is 0 Å². The Morgan fingerprint density at radius 1 is 0.966 bits per heavy atom. The van der Waals surface area contributed by atoms with Crippen LogP contribution in [0.1, 0.15) is 97.8 Å². The van der Waals surface area contributed by atoms with Crippen molar-refractivity contribution < 1.29 is 9.00 Å². The molecule has 0 radical (unpaired) electrons. The molecule has 4 aliphatic rings. The van der Waals surface area contributed by atoms with Gasteiger partial charge in [-0.05, 0) is 104 Å². The van der Waals surface area contributed by atoms with Crippen molar-refractivity contribution >= 4 is 16.6 Å². The number of rotatable bonds is 6. The Bertz CT molecular complexity index is 645. The van der Waals surface area contributed by atoms with Crippen molar-refractivity contribution in [1.29, 1.82) is 0 Å². The van der Waals surface area contributed by atoms with Gasteiger partial charge >= 0.3 is 0 Å². The molecule has 3 heteroatoms. The third kappa shape index (κ3) is 3.92. The molecule has 4 fully saturated rings. The number of carbonyl (C=O) groups excluding carboxylic acids is 1. The number of hydrogen-bond acceptors (Lipinski definition) is 2. The minimum absolute atomic E-state index is 0.199. The zero-order valence-corrected chi connectivity index (χ0v) is 20.2. The van der Waals surface area contributed by atoms with Crippen LogP contribution in [0.25, 0.3) is 0 Å². The maximum absolute atomic E-state index is 12.1. The molecule has 4 aliphatic carbocycles. The Kier molecular flexibility index (Phi) is 6.38. The second-order valence-electron chi connectivity index (χ2n) is 11.9. The summed E-state index contributed by atoms with van der Waals surface area (Å²) in [6, 6.07) is 0. The Labute approximate surface area is 181 Å². The smallest absolute Gasteiger partial charge is 0.145 e. The van der Waals surface area contributed by atoms with Crippen molar-refractivity contribution in [1.82, 2.24) is 0 Å². The number of ketones is 1. The van der Waals surface area contributed by atoms with E-state index in [9.17, 15) is 9.00 Å². The van der Waals surface area contributed by atoms with Gasteiger partial charge in [0.15, 0.2) is 0 Å². The summed E-state index contributed by atoms with van der Waals surface area (Å²) in [6.07, 6.45) is 17.9. The molecule has 0 unspecified atom stereocenters. The summed E-state index contributed by atoms with van der Waals surface area (Å²) < 4.78 is 11.3. The van der Waals surface area contributed by atoms with E-state index in [1.807, 2.05) is 0 Å². The maximum atomic E-state index is 12.1. The van der Waals surface area contributed by atoms with E-state index >= 15 is 0 Å². The largest absolute Gasteiger partial charge is 0.299 e. The monoisotopic (exact) mass is 420 g/mol. The van der Waals surface area contributed by atoms with E-state index < -0.39 is 10.8 Å². The zero-order valence-electron chi connectivity index (χ0n) is 19.4. The molecular formula is C26H44O2S. The van der Waals surface area contributed by atoms with Gasteiger partial charge in [-0.3, -0.25) is 9.00 Å². The van der Waals surface area contributed by atoms with E-state index in [2.05, 4.69) is 20.8 Å². The molecule has 0 bridgehead atoms. The van der Waals surface area contributed by atoms with E-state index in [4.69, 9.17) is 0 Å². The van der Waals surface area contributed by atoms with Crippen LogP contribution in [-0.2, 0) is 15.6 Å². The second kappa shape index (κ2) is 8.40. The first-order valence-corrected chi connectivity index (χ1v) is 14.3. The fourth-order valence-corrected chi connectivity index (χ4v) is 9.76. The van der Waals surface area contributed by atoms with Crippen LogP contribution in [-0.4, -0.2) is 22.0 Å². The molecule has 0 heterocycles. The molecule has 0 aliphatic heterocycles. The quantitative estimate of drug-likeness (QED) is 0.498. The summed E-state index contributed by atoms with van der Waals surface area (Å²) in [5.74, 6) is 5.73. The third-order valence-corrected chi connectivity index (χ3v) is 11.3. The molecule has 0 aromatic carbocycles. The molecule has 166 valence electrons. The highest BCUT2D eigenvalue weighted by molar-refractivity contribution is 7.85. The van der Waals surface area contributed by atoms with E-state index in [0.29, 0.717) is 23.2 Å². The van der Waals surface area contributed by atoms with E-state index in [0.717, 1.165) is 36.0 Å². The van der Waals surface area contributed by atoms with Gasteiger partial charge in [-0.1, -0.05) is 33.6 Å². The molecule has 2 nitrogen and oxygen atoms in total. The van der Waals surface area contributed by atoms with Crippen molar-refractivity contribution in [3.8, 4) is 0 Å². The van der Waals surface area contributed by atoms with Crippen molar-refractivity contribution in [2.24, 2.45) is 46.3 Å². The summed E-state index contributed by atoms with van der Waals surface area (Å²) in [7, 11) is -0.989. The van der Waals surface area contributed by atoms with Gasteiger partial charge < -0.3 is 0 Å². The topological polar surface area (TPSA) is 34.1 Å². The van der Waals surface area contributed by atoms with Crippen molar-refractivity contribution in [3.05, 3.63) is 0 Å². The molecule has 4 rings (SSSR count). The SMILES string of the molecule is C[C@H](CCC(=O)C[S@](C)=O)[C@H]1CC[C@H]2[C@@H]3CC[C@H]4CCCC[C@]4(C)[C@H]3CC[C@]12C. The van der Waals surface area contributed by atoms with Crippen LogP contribution < -0.4 is 0 Å². The van der Waals surface area contributed by atoms with Crippen molar-refractivity contribution in [3.63, 3.8) is 0 Å². The average Bonchev–Trinajstić information content (AvgIpc) is 3.02. The lowest BCUT2D eigenvalue weighted by atomic mass is 9.44. The van der Waals surface area contributed by atoms with Crippen LogP contribution in [0.4, 0.5) is 0 Å². The predicted octanol–water partition coefficient (Wildman–Crippen LogP) is 6.40. The highest BCUT2D eigenvalue weighted by Crippen LogP contribution is 2.68. The fourth-order valence-electron chi connectivity index (χ4n) is 9.16. The third-order valence-electron chi connectivity index (χ3n) is 10.6. The number of hydrogen-bond donors (Lipinski definition) is 0. The average molecular weight is 421 g/mol. The van der Waals surface area contributed by atoms with Crippen LogP contribution in [0.3, 0.4) is 0 Å². The number of fused-ring (bicyclic) bond motifs is 5. The predicted molar refractivity (Wildman–Crippen MR) is 122 cm³/mol. The van der Waals surface area contributed by atoms with Gasteiger partial charge in [0.1, 0.15) is 5.78 Å². The van der Waals surface area contributed by atoms with Gasteiger partial charge in [-0.2, -0.15) is 0 Å². The normalized spacial score (nSPS) is 46.3. The lowest BCUT2D eigenvalue weighted by Gasteiger charge is -2.61. The summed E-state index contributed by atoms with van der Waals surface area (Å²) in [5, 5.41) is 0. The highest BCUT2D eigenvalue weighted by Gasteiger charge is 2.60. The molecular weight excluding hydrogens is 376 g/mol. The Morgan fingerprint density at radius 3 is 2.48 bits per heavy atom. The van der Waals surface area contributed by atoms with Crippen LogP contribution >= 0.6 is 0 Å².